The standard InChI is InChI=1S/C14H16.3C2H6/c1-5-11(2)13(4)10-14-9-7-6-8-12(14)3;3*1-2/h5-10H,1-2H2,3-4H3;3*1-2H3/b13-10-;;;. The molecule has 0 heterocycles. The van der Waals surface area contributed by atoms with E-state index in [-0.39, 0.29) is 0 Å². The molecule has 0 N–H and O–H groups in total. The molecule has 0 fully saturated rings. The number of benzene rings is 1. The molecule has 1 aromatic carbocycles. The van der Waals surface area contributed by atoms with Crippen molar-refractivity contribution in [3.8, 4) is 0 Å². The summed E-state index contributed by atoms with van der Waals surface area (Å²) in [6.07, 6.45) is 3.92. The maximum absolute atomic E-state index is 3.91. The first-order chi connectivity index (χ1) is 9.65. The SMILES string of the molecule is C=CC(=C)/C(C)=C\c1ccccc1C.CC.CC.CC. The average molecular weight is 274 g/mol. The number of allylic oxidation sites excluding steroid dienone is 3. The Morgan fingerprint density at radius 3 is 1.80 bits per heavy atom. The Labute approximate surface area is 127 Å². The molecule has 0 aliphatic rings. The van der Waals surface area contributed by atoms with Crippen LogP contribution < -0.4 is 0 Å². The first kappa shape index (κ1) is 23.5. The van der Waals surface area contributed by atoms with E-state index in [2.05, 4.69) is 45.2 Å². The number of aryl methyl sites for hydroxylation is 1. The van der Waals surface area contributed by atoms with Crippen molar-refractivity contribution < 1.29 is 0 Å². The first-order valence-electron chi connectivity index (χ1n) is 7.71. The van der Waals surface area contributed by atoms with E-state index in [0.29, 0.717) is 0 Å². The molecular formula is C20H34. The van der Waals surface area contributed by atoms with Gasteiger partial charge < -0.3 is 0 Å². The van der Waals surface area contributed by atoms with Gasteiger partial charge in [-0.05, 0) is 36.1 Å². The molecule has 0 saturated heterocycles. The Morgan fingerprint density at radius 2 is 1.40 bits per heavy atom. The second-order valence-corrected chi connectivity index (χ2v) is 3.41. The Kier molecular flexibility index (Phi) is 20.5. The highest BCUT2D eigenvalue weighted by atomic mass is 14.0. The van der Waals surface area contributed by atoms with Crippen LogP contribution in [0.2, 0.25) is 0 Å². The summed E-state index contributed by atoms with van der Waals surface area (Å²) in [5.74, 6) is 0. The monoisotopic (exact) mass is 274 g/mol. The predicted octanol–water partition coefficient (Wildman–Crippen LogP) is 7.22. The van der Waals surface area contributed by atoms with Crippen molar-refractivity contribution in [1.29, 1.82) is 0 Å². The molecule has 0 spiro atoms. The largest absolute Gasteiger partial charge is 0.0985 e. The van der Waals surface area contributed by atoms with Crippen LogP contribution in [0.4, 0.5) is 0 Å². The first-order valence-corrected chi connectivity index (χ1v) is 7.71. The number of hydrogen-bond acceptors (Lipinski definition) is 0. The zero-order valence-electron chi connectivity index (χ0n) is 14.9. The smallest absolute Gasteiger partial charge is 0.0225 e. The summed E-state index contributed by atoms with van der Waals surface area (Å²) in [4.78, 5) is 0. The van der Waals surface area contributed by atoms with Crippen molar-refractivity contribution in [3.63, 3.8) is 0 Å². The molecule has 114 valence electrons. The van der Waals surface area contributed by atoms with E-state index in [4.69, 9.17) is 0 Å². The maximum Gasteiger partial charge on any atom is -0.0225 e. The topological polar surface area (TPSA) is 0 Å². The average Bonchev–Trinajstić information content (AvgIpc) is 2.54. The number of hydrogen-bond donors (Lipinski definition) is 0. The van der Waals surface area contributed by atoms with Gasteiger partial charge in [-0.3, -0.25) is 0 Å². The van der Waals surface area contributed by atoms with E-state index in [1.807, 2.05) is 53.7 Å². The zero-order chi connectivity index (χ0) is 16.6. The third kappa shape index (κ3) is 10.4. The van der Waals surface area contributed by atoms with Gasteiger partial charge in [0.1, 0.15) is 0 Å². The van der Waals surface area contributed by atoms with Gasteiger partial charge in [0.25, 0.3) is 0 Å². The normalized spacial score (nSPS) is 8.70. The Hall–Kier alpha value is -1.56. The van der Waals surface area contributed by atoms with Crippen LogP contribution in [-0.4, -0.2) is 0 Å². The van der Waals surface area contributed by atoms with Crippen molar-refractivity contribution in [2.45, 2.75) is 55.4 Å². The Bertz CT molecular complexity index is 381. The van der Waals surface area contributed by atoms with E-state index in [9.17, 15) is 0 Å². The van der Waals surface area contributed by atoms with E-state index < -0.39 is 0 Å². The van der Waals surface area contributed by atoms with Crippen LogP contribution >= 0.6 is 0 Å². The van der Waals surface area contributed by atoms with E-state index in [0.717, 1.165) is 11.1 Å². The van der Waals surface area contributed by atoms with Gasteiger partial charge in [0.2, 0.25) is 0 Å². The lowest BCUT2D eigenvalue weighted by Gasteiger charge is -2.03. The molecule has 0 radical (unpaired) electrons. The van der Waals surface area contributed by atoms with Crippen LogP contribution in [0.25, 0.3) is 6.08 Å². The summed E-state index contributed by atoms with van der Waals surface area (Å²) in [5, 5.41) is 0. The minimum atomic E-state index is 0.980. The van der Waals surface area contributed by atoms with Crippen molar-refractivity contribution in [2.24, 2.45) is 0 Å². The summed E-state index contributed by atoms with van der Waals surface area (Å²) < 4.78 is 0. The molecule has 0 saturated carbocycles. The van der Waals surface area contributed by atoms with Gasteiger partial charge in [-0.25, -0.2) is 0 Å². The lowest BCUT2D eigenvalue weighted by Crippen LogP contribution is -1.82. The lowest BCUT2D eigenvalue weighted by atomic mass is 10.0. The Balaban J connectivity index is -0.000000425. The molecular weight excluding hydrogens is 240 g/mol. The van der Waals surface area contributed by atoms with E-state index >= 15 is 0 Å². The van der Waals surface area contributed by atoms with E-state index in [1.54, 1.807) is 6.08 Å². The summed E-state index contributed by atoms with van der Waals surface area (Å²) in [6.45, 7) is 23.8. The fraction of sp³-hybridized carbons (Fsp3) is 0.400. The van der Waals surface area contributed by atoms with Gasteiger partial charge in [-0.1, -0.05) is 91.1 Å². The quantitative estimate of drug-likeness (QED) is 0.510. The second-order valence-electron chi connectivity index (χ2n) is 3.41. The molecule has 0 unspecified atom stereocenters. The van der Waals surface area contributed by atoms with Crippen LogP contribution in [-0.2, 0) is 0 Å². The summed E-state index contributed by atoms with van der Waals surface area (Å²) >= 11 is 0. The zero-order valence-corrected chi connectivity index (χ0v) is 14.9. The summed E-state index contributed by atoms with van der Waals surface area (Å²) in [6, 6.07) is 8.30. The van der Waals surface area contributed by atoms with Crippen molar-refractivity contribution in [3.05, 3.63) is 65.8 Å². The van der Waals surface area contributed by atoms with Gasteiger partial charge in [0.15, 0.2) is 0 Å². The van der Waals surface area contributed by atoms with Gasteiger partial charge in [-0.2, -0.15) is 0 Å². The predicted molar refractivity (Wildman–Crippen MR) is 98.2 cm³/mol. The van der Waals surface area contributed by atoms with E-state index in [1.165, 1.54) is 11.1 Å². The molecule has 1 rings (SSSR count). The molecule has 0 nitrogen and oxygen atoms in total. The van der Waals surface area contributed by atoms with Crippen LogP contribution in [0.1, 0.15) is 59.6 Å². The number of rotatable bonds is 3. The van der Waals surface area contributed by atoms with Crippen molar-refractivity contribution in [2.75, 3.05) is 0 Å². The molecule has 20 heavy (non-hydrogen) atoms. The van der Waals surface area contributed by atoms with Crippen LogP contribution in [0.15, 0.2) is 54.6 Å². The fourth-order valence-corrected chi connectivity index (χ4v) is 1.24. The molecule has 0 bridgehead atoms. The van der Waals surface area contributed by atoms with Crippen molar-refractivity contribution >= 4 is 6.08 Å². The van der Waals surface area contributed by atoms with Gasteiger partial charge in [0.05, 0.1) is 0 Å². The molecule has 0 aliphatic heterocycles. The third-order valence-electron chi connectivity index (χ3n) is 2.31. The van der Waals surface area contributed by atoms with Gasteiger partial charge >= 0.3 is 0 Å². The minimum absolute atomic E-state index is 0.980. The molecule has 0 heteroatoms. The van der Waals surface area contributed by atoms with Gasteiger partial charge in [-0.15, -0.1) is 0 Å². The maximum atomic E-state index is 3.91. The van der Waals surface area contributed by atoms with Crippen LogP contribution in [0.3, 0.4) is 0 Å². The molecule has 1 aromatic rings. The van der Waals surface area contributed by atoms with Crippen LogP contribution in [0.5, 0.6) is 0 Å². The highest BCUT2D eigenvalue weighted by Crippen LogP contribution is 2.16. The highest BCUT2D eigenvalue weighted by Gasteiger charge is 1.95. The highest BCUT2D eigenvalue weighted by molar-refractivity contribution is 5.61. The minimum Gasteiger partial charge on any atom is -0.0985 e. The lowest BCUT2D eigenvalue weighted by molar-refractivity contribution is 1.41. The molecule has 0 aromatic heterocycles. The summed E-state index contributed by atoms with van der Waals surface area (Å²) in [7, 11) is 0. The molecule has 0 atom stereocenters. The molecule has 0 amide bonds. The van der Waals surface area contributed by atoms with Crippen LogP contribution in [0, 0.1) is 6.92 Å². The molecule has 0 aliphatic carbocycles. The Morgan fingerprint density at radius 1 is 0.950 bits per heavy atom. The van der Waals surface area contributed by atoms with Crippen molar-refractivity contribution in [1.82, 2.24) is 0 Å². The fourth-order valence-electron chi connectivity index (χ4n) is 1.24. The van der Waals surface area contributed by atoms with Gasteiger partial charge in [0, 0.05) is 0 Å². The summed E-state index contributed by atoms with van der Waals surface area (Å²) in [5.41, 5.74) is 4.67. The second kappa shape index (κ2) is 17.4. The third-order valence-corrected chi connectivity index (χ3v) is 2.31.